The number of rotatable bonds is 19. The molecule has 1 aromatic heterocycles. The van der Waals surface area contributed by atoms with E-state index < -0.39 is 35.7 Å². The Hall–Kier alpha value is -3.39. The Morgan fingerprint density at radius 3 is 2.37 bits per heavy atom. The lowest BCUT2D eigenvalue weighted by molar-refractivity contribution is -0.148. The minimum Gasteiger partial charge on any atom is -0.379 e. The second kappa shape index (κ2) is 20.0. The number of likely N-dealkylation sites (N-methyl/N-ethyl adjacent to an activating group) is 1. The molecule has 12 nitrogen and oxygen atoms in total. The molecule has 13 heteroatoms. The quantitative estimate of drug-likeness (QED) is 0.186. The molecule has 0 aliphatic carbocycles. The van der Waals surface area contributed by atoms with E-state index >= 15 is 0 Å². The highest BCUT2D eigenvalue weighted by Crippen LogP contribution is 2.31. The zero-order valence-electron chi connectivity index (χ0n) is 33.8. The van der Waals surface area contributed by atoms with Crippen molar-refractivity contribution < 1.29 is 28.7 Å². The highest BCUT2D eigenvalue weighted by Gasteiger charge is 2.44. The van der Waals surface area contributed by atoms with E-state index in [4.69, 9.17) is 9.47 Å². The predicted octanol–water partition coefficient (Wildman–Crippen LogP) is 4.75. The number of carbonyl (C=O) groups excluding carboxylic acids is 4. The molecule has 2 aliphatic heterocycles. The van der Waals surface area contributed by atoms with Gasteiger partial charge in [0.2, 0.25) is 23.6 Å². The zero-order valence-corrected chi connectivity index (χ0v) is 34.6. The van der Waals surface area contributed by atoms with Gasteiger partial charge in [0, 0.05) is 39.4 Å². The van der Waals surface area contributed by atoms with Crippen LogP contribution in [0.5, 0.6) is 0 Å². The Balaban J connectivity index is 1.47. The van der Waals surface area contributed by atoms with Crippen LogP contribution in [0.4, 0.5) is 0 Å². The van der Waals surface area contributed by atoms with Crippen molar-refractivity contribution in [3.05, 3.63) is 52.5 Å². The summed E-state index contributed by atoms with van der Waals surface area (Å²) < 4.78 is 12.1. The highest BCUT2D eigenvalue weighted by molar-refractivity contribution is 7.09. The van der Waals surface area contributed by atoms with Gasteiger partial charge in [-0.3, -0.25) is 19.2 Å². The third kappa shape index (κ3) is 10.5. The molecule has 0 unspecified atom stereocenters. The fourth-order valence-electron chi connectivity index (χ4n) is 8.19. The first kappa shape index (κ1) is 43.3. The van der Waals surface area contributed by atoms with E-state index in [0.717, 1.165) is 36.4 Å². The molecule has 0 bridgehead atoms. The van der Waals surface area contributed by atoms with Crippen LogP contribution in [-0.2, 0) is 35.1 Å². The Bertz CT molecular complexity index is 1500. The van der Waals surface area contributed by atoms with E-state index in [1.807, 2.05) is 68.3 Å². The molecule has 2 aromatic rings. The van der Waals surface area contributed by atoms with E-state index in [-0.39, 0.29) is 54.0 Å². The Kier molecular flexibility index (Phi) is 16.0. The standard InChI is InChI=1S/C41H64N6O6S/c1-10-27(4)35(46(7)39(50)34(26(2)3)45-40(51)41(6)19-15-20-43-41)32(52-8)25-33(48)47-22-14-18-31(47)36(53-9)28(5)37(49)44-30(38-42-21-23-54-38)24-29-16-12-11-13-17-29/h11-13,16-17,21,23,26-28,30-32,34-36,43H,10,14-15,18-20,22,24-25H2,1-9H3,(H,44,49)(H,45,51)/t27-,28+,30-,31-,32+,34-,35-,36+,41-/m0/s1. The van der Waals surface area contributed by atoms with Crippen LogP contribution in [0.1, 0.15) is 96.7 Å². The van der Waals surface area contributed by atoms with Crippen LogP contribution in [-0.4, -0.2) is 109 Å². The average molecular weight is 769 g/mol. The predicted molar refractivity (Wildman–Crippen MR) is 212 cm³/mol. The fourth-order valence-corrected chi connectivity index (χ4v) is 8.88. The number of nitrogens with one attached hydrogen (secondary N) is 3. The molecule has 0 radical (unpaired) electrons. The number of hydrogen-bond acceptors (Lipinski definition) is 9. The van der Waals surface area contributed by atoms with Gasteiger partial charge in [0.1, 0.15) is 11.0 Å². The molecule has 9 atom stereocenters. The summed E-state index contributed by atoms with van der Waals surface area (Å²) in [5, 5.41) is 12.3. The molecule has 3 heterocycles. The number of hydrogen-bond donors (Lipinski definition) is 3. The first-order valence-corrected chi connectivity index (χ1v) is 20.6. The summed E-state index contributed by atoms with van der Waals surface area (Å²) in [7, 11) is 4.94. The molecular formula is C41H64N6O6S. The Labute approximate surface area is 326 Å². The topological polar surface area (TPSA) is 142 Å². The van der Waals surface area contributed by atoms with Gasteiger partial charge in [0.25, 0.3) is 0 Å². The van der Waals surface area contributed by atoms with Gasteiger partial charge < -0.3 is 35.2 Å². The van der Waals surface area contributed by atoms with Crippen LogP contribution in [0.15, 0.2) is 41.9 Å². The molecule has 1 aromatic carbocycles. The van der Waals surface area contributed by atoms with E-state index in [0.29, 0.717) is 25.8 Å². The number of methoxy groups -OCH3 is 2. The zero-order chi connectivity index (χ0) is 39.6. The first-order valence-electron chi connectivity index (χ1n) is 19.7. The van der Waals surface area contributed by atoms with Crippen LogP contribution in [0, 0.1) is 17.8 Å². The van der Waals surface area contributed by atoms with E-state index in [2.05, 4.69) is 34.8 Å². The second-order valence-electron chi connectivity index (χ2n) is 15.8. The second-order valence-corrected chi connectivity index (χ2v) is 16.7. The number of benzene rings is 1. The fraction of sp³-hybridized carbons (Fsp3) is 0.683. The number of ether oxygens (including phenoxy) is 2. The summed E-state index contributed by atoms with van der Waals surface area (Å²) in [6.45, 7) is 13.0. The molecule has 2 aliphatic rings. The highest BCUT2D eigenvalue weighted by atomic mass is 32.1. The van der Waals surface area contributed by atoms with Gasteiger partial charge in [-0.2, -0.15) is 0 Å². The SMILES string of the molecule is CC[C@H](C)[C@@H]([C@@H](CC(=O)N1CCC[C@H]1[C@H](OC)[C@@H](C)C(=O)N[C@@H](Cc1ccccc1)c1nccs1)OC)N(C)C(=O)[C@@H](NC(=O)[C@]1(C)CCCN1)C(C)C. The number of thiazole rings is 1. The van der Waals surface area contributed by atoms with E-state index in [1.165, 1.54) is 11.3 Å². The van der Waals surface area contributed by atoms with E-state index in [1.54, 1.807) is 32.4 Å². The van der Waals surface area contributed by atoms with Crippen molar-refractivity contribution in [2.45, 2.75) is 128 Å². The average Bonchev–Trinajstić information content (AvgIpc) is 3.97. The lowest BCUT2D eigenvalue weighted by Crippen LogP contribution is -2.61. The minimum absolute atomic E-state index is 0.000661. The Morgan fingerprint density at radius 2 is 1.80 bits per heavy atom. The third-order valence-corrected chi connectivity index (χ3v) is 12.6. The molecule has 4 rings (SSSR count). The number of carbonyl (C=O) groups is 4. The van der Waals surface area contributed by atoms with Crippen LogP contribution in [0.25, 0.3) is 0 Å². The summed E-state index contributed by atoms with van der Waals surface area (Å²) in [6.07, 6.45) is 5.14. The molecule has 2 fully saturated rings. The summed E-state index contributed by atoms with van der Waals surface area (Å²) in [5.74, 6) is -1.35. The van der Waals surface area contributed by atoms with Gasteiger partial charge in [0.15, 0.2) is 0 Å². The van der Waals surface area contributed by atoms with Gasteiger partial charge in [0.05, 0.1) is 48.2 Å². The van der Waals surface area contributed by atoms with Crippen LogP contribution >= 0.6 is 11.3 Å². The largest absolute Gasteiger partial charge is 0.379 e. The minimum atomic E-state index is -0.734. The van der Waals surface area contributed by atoms with Gasteiger partial charge in [-0.25, -0.2) is 4.98 Å². The van der Waals surface area contributed by atoms with Gasteiger partial charge in [-0.1, -0.05) is 71.4 Å². The monoisotopic (exact) mass is 768 g/mol. The normalized spacial score (nSPS) is 22.6. The van der Waals surface area contributed by atoms with Crippen molar-refractivity contribution in [1.29, 1.82) is 0 Å². The van der Waals surface area contributed by atoms with Crippen molar-refractivity contribution in [2.75, 3.05) is 34.4 Å². The Morgan fingerprint density at radius 1 is 1.07 bits per heavy atom. The van der Waals surface area contributed by atoms with Crippen LogP contribution in [0.2, 0.25) is 0 Å². The van der Waals surface area contributed by atoms with Crippen LogP contribution in [0.3, 0.4) is 0 Å². The number of aromatic nitrogens is 1. The van der Waals surface area contributed by atoms with Crippen molar-refractivity contribution in [2.24, 2.45) is 17.8 Å². The summed E-state index contributed by atoms with van der Waals surface area (Å²) in [5.41, 5.74) is 0.386. The van der Waals surface area contributed by atoms with Gasteiger partial charge in [-0.15, -0.1) is 11.3 Å². The molecule has 0 spiro atoms. The summed E-state index contributed by atoms with van der Waals surface area (Å²) in [6, 6.07) is 8.26. The van der Waals surface area contributed by atoms with Crippen molar-refractivity contribution in [1.82, 2.24) is 30.7 Å². The van der Waals surface area contributed by atoms with Crippen molar-refractivity contribution in [3.8, 4) is 0 Å². The molecule has 2 saturated heterocycles. The third-order valence-electron chi connectivity index (χ3n) is 11.7. The maximum atomic E-state index is 14.3. The van der Waals surface area contributed by atoms with Crippen molar-refractivity contribution >= 4 is 35.0 Å². The summed E-state index contributed by atoms with van der Waals surface area (Å²) >= 11 is 1.51. The lowest BCUT2D eigenvalue weighted by Gasteiger charge is -2.41. The number of likely N-dealkylation sites (tertiary alicyclic amines) is 1. The number of amides is 4. The van der Waals surface area contributed by atoms with Crippen molar-refractivity contribution in [3.63, 3.8) is 0 Å². The molecule has 4 amide bonds. The van der Waals surface area contributed by atoms with Gasteiger partial charge >= 0.3 is 0 Å². The lowest BCUT2D eigenvalue weighted by atomic mass is 9.89. The number of nitrogens with zero attached hydrogens (tertiary/aromatic N) is 3. The van der Waals surface area contributed by atoms with Crippen LogP contribution < -0.4 is 16.0 Å². The maximum absolute atomic E-state index is 14.3. The molecule has 3 N–H and O–H groups in total. The molecular weight excluding hydrogens is 705 g/mol. The molecule has 54 heavy (non-hydrogen) atoms. The molecule has 0 saturated carbocycles. The molecule has 300 valence electrons. The van der Waals surface area contributed by atoms with Gasteiger partial charge in [-0.05, 0) is 63.0 Å². The first-order chi connectivity index (χ1) is 25.8. The maximum Gasteiger partial charge on any atom is 0.245 e. The van der Waals surface area contributed by atoms with E-state index in [9.17, 15) is 19.2 Å². The smallest absolute Gasteiger partial charge is 0.245 e. The summed E-state index contributed by atoms with van der Waals surface area (Å²) in [4.78, 5) is 63.8.